The molecule has 0 spiro atoms. The van der Waals surface area contributed by atoms with E-state index < -0.39 is 0 Å². The zero-order chi connectivity index (χ0) is 12.6. The highest BCUT2D eigenvalue weighted by atomic mass is 79.9. The topological polar surface area (TPSA) is 38.9 Å². The van der Waals surface area contributed by atoms with Crippen LogP contribution in [0.25, 0.3) is 10.9 Å². The van der Waals surface area contributed by atoms with Crippen LogP contribution in [0.2, 0.25) is 0 Å². The summed E-state index contributed by atoms with van der Waals surface area (Å²) in [6.45, 7) is 6.38. The molecule has 17 heavy (non-hydrogen) atoms. The molecule has 0 amide bonds. The largest absolute Gasteiger partial charge is 0.322 e. The standard InChI is InChI=1S/C14H17BrN2/c1-14(2,3)13(16)12-10(15)8-9-6-4-5-7-11(9)17-12/h4-8,13H,16H2,1-3H3. The Labute approximate surface area is 110 Å². The van der Waals surface area contributed by atoms with Crippen LogP contribution in [0.4, 0.5) is 0 Å². The Kier molecular flexibility index (Phi) is 3.23. The van der Waals surface area contributed by atoms with Gasteiger partial charge in [0.2, 0.25) is 0 Å². The predicted octanol–water partition coefficient (Wildman–Crippen LogP) is 4.04. The fourth-order valence-electron chi connectivity index (χ4n) is 1.73. The van der Waals surface area contributed by atoms with Gasteiger partial charge in [-0.05, 0) is 33.5 Å². The van der Waals surface area contributed by atoms with Gasteiger partial charge in [0, 0.05) is 9.86 Å². The molecule has 1 aromatic carbocycles. The number of halogens is 1. The van der Waals surface area contributed by atoms with Gasteiger partial charge in [0.1, 0.15) is 0 Å². The van der Waals surface area contributed by atoms with Gasteiger partial charge in [-0.1, -0.05) is 39.0 Å². The van der Waals surface area contributed by atoms with E-state index in [1.54, 1.807) is 0 Å². The minimum Gasteiger partial charge on any atom is -0.322 e. The van der Waals surface area contributed by atoms with Crippen molar-refractivity contribution >= 4 is 26.8 Å². The van der Waals surface area contributed by atoms with E-state index in [0.29, 0.717) is 0 Å². The van der Waals surface area contributed by atoms with Crippen molar-refractivity contribution in [3.05, 3.63) is 40.5 Å². The molecule has 1 heterocycles. The van der Waals surface area contributed by atoms with Crippen LogP contribution in [0, 0.1) is 5.41 Å². The van der Waals surface area contributed by atoms with Crippen molar-refractivity contribution in [1.82, 2.24) is 4.98 Å². The molecule has 0 bridgehead atoms. The molecule has 90 valence electrons. The molecule has 3 heteroatoms. The highest BCUT2D eigenvalue weighted by Gasteiger charge is 2.25. The van der Waals surface area contributed by atoms with Crippen molar-refractivity contribution in [2.75, 3.05) is 0 Å². The summed E-state index contributed by atoms with van der Waals surface area (Å²) in [5.41, 5.74) is 8.19. The molecule has 1 atom stereocenters. The summed E-state index contributed by atoms with van der Waals surface area (Å²) < 4.78 is 0.985. The quantitative estimate of drug-likeness (QED) is 0.861. The summed E-state index contributed by atoms with van der Waals surface area (Å²) in [6, 6.07) is 10.1. The number of fused-ring (bicyclic) bond motifs is 1. The fraction of sp³-hybridized carbons (Fsp3) is 0.357. The second-order valence-electron chi connectivity index (χ2n) is 5.39. The molecule has 0 aliphatic rings. The van der Waals surface area contributed by atoms with E-state index in [2.05, 4.69) is 53.8 Å². The lowest BCUT2D eigenvalue weighted by Gasteiger charge is -2.27. The van der Waals surface area contributed by atoms with Crippen molar-refractivity contribution in [3.63, 3.8) is 0 Å². The Morgan fingerprint density at radius 3 is 2.53 bits per heavy atom. The van der Waals surface area contributed by atoms with Crippen molar-refractivity contribution in [1.29, 1.82) is 0 Å². The molecule has 2 rings (SSSR count). The Balaban J connectivity index is 2.58. The minimum absolute atomic E-state index is 0.00201. The average molecular weight is 293 g/mol. The maximum atomic E-state index is 6.27. The number of nitrogens with zero attached hydrogens (tertiary/aromatic N) is 1. The van der Waals surface area contributed by atoms with Crippen LogP contribution in [-0.4, -0.2) is 4.98 Å². The lowest BCUT2D eigenvalue weighted by molar-refractivity contribution is 0.321. The fourth-order valence-corrected chi connectivity index (χ4v) is 2.32. The number of benzene rings is 1. The second-order valence-corrected chi connectivity index (χ2v) is 6.25. The third-order valence-electron chi connectivity index (χ3n) is 2.93. The summed E-state index contributed by atoms with van der Waals surface area (Å²) in [4.78, 5) is 4.67. The van der Waals surface area contributed by atoms with E-state index in [1.165, 1.54) is 0 Å². The highest BCUT2D eigenvalue weighted by molar-refractivity contribution is 9.10. The SMILES string of the molecule is CC(C)(C)C(N)c1nc2ccccc2cc1Br. The predicted molar refractivity (Wildman–Crippen MR) is 75.8 cm³/mol. The van der Waals surface area contributed by atoms with Crippen molar-refractivity contribution in [2.24, 2.45) is 11.1 Å². The van der Waals surface area contributed by atoms with Gasteiger partial charge in [-0.2, -0.15) is 0 Å². The van der Waals surface area contributed by atoms with Gasteiger partial charge in [0.25, 0.3) is 0 Å². The maximum absolute atomic E-state index is 6.27. The van der Waals surface area contributed by atoms with Crippen LogP contribution in [-0.2, 0) is 0 Å². The van der Waals surface area contributed by atoms with Gasteiger partial charge in [0.15, 0.2) is 0 Å². The van der Waals surface area contributed by atoms with Crippen LogP contribution in [0.3, 0.4) is 0 Å². The second kappa shape index (κ2) is 4.39. The van der Waals surface area contributed by atoms with E-state index in [1.807, 2.05) is 18.2 Å². The smallest absolute Gasteiger partial charge is 0.0725 e. The first-order chi connectivity index (χ1) is 7.89. The average Bonchev–Trinajstić information content (AvgIpc) is 2.26. The normalized spacial score (nSPS) is 13.9. The number of hydrogen-bond donors (Lipinski definition) is 1. The van der Waals surface area contributed by atoms with E-state index in [-0.39, 0.29) is 11.5 Å². The highest BCUT2D eigenvalue weighted by Crippen LogP contribution is 2.34. The van der Waals surface area contributed by atoms with E-state index >= 15 is 0 Å². The van der Waals surface area contributed by atoms with Crippen LogP contribution in [0.5, 0.6) is 0 Å². The Morgan fingerprint density at radius 1 is 1.24 bits per heavy atom. The van der Waals surface area contributed by atoms with Crippen LogP contribution < -0.4 is 5.73 Å². The number of hydrogen-bond acceptors (Lipinski definition) is 2. The molecule has 0 radical (unpaired) electrons. The number of aromatic nitrogens is 1. The summed E-state index contributed by atoms with van der Waals surface area (Å²) >= 11 is 3.57. The summed E-state index contributed by atoms with van der Waals surface area (Å²) in [5.74, 6) is 0. The zero-order valence-corrected chi connectivity index (χ0v) is 12.0. The molecule has 0 saturated carbocycles. The Hall–Kier alpha value is -0.930. The molecule has 0 aliphatic carbocycles. The number of nitrogens with two attached hydrogens (primary N) is 1. The first-order valence-corrected chi connectivity index (χ1v) is 6.49. The van der Waals surface area contributed by atoms with Gasteiger partial charge in [-0.25, -0.2) is 4.98 Å². The summed E-state index contributed by atoms with van der Waals surface area (Å²) in [6.07, 6.45) is 0. The maximum Gasteiger partial charge on any atom is 0.0725 e. The third-order valence-corrected chi connectivity index (χ3v) is 3.57. The molecule has 0 aliphatic heterocycles. The van der Waals surface area contributed by atoms with E-state index in [4.69, 9.17) is 5.73 Å². The molecule has 1 aromatic heterocycles. The van der Waals surface area contributed by atoms with Gasteiger partial charge >= 0.3 is 0 Å². The molecule has 2 N–H and O–H groups in total. The molecule has 2 nitrogen and oxygen atoms in total. The third kappa shape index (κ3) is 2.50. The first kappa shape index (κ1) is 12.5. The molecular formula is C14H17BrN2. The monoisotopic (exact) mass is 292 g/mol. The van der Waals surface area contributed by atoms with E-state index in [0.717, 1.165) is 21.1 Å². The first-order valence-electron chi connectivity index (χ1n) is 5.70. The van der Waals surface area contributed by atoms with Gasteiger partial charge in [0.05, 0.1) is 17.3 Å². The molecule has 2 aromatic rings. The Bertz CT molecular complexity index is 543. The van der Waals surface area contributed by atoms with Crippen LogP contribution >= 0.6 is 15.9 Å². The lowest BCUT2D eigenvalue weighted by atomic mass is 9.85. The molecule has 1 unspecified atom stereocenters. The van der Waals surface area contributed by atoms with Crippen molar-refractivity contribution < 1.29 is 0 Å². The van der Waals surface area contributed by atoms with Crippen LogP contribution in [0.15, 0.2) is 34.8 Å². The van der Waals surface area contributed by atoms with Crippen molar-refractivity contribution in [3.8, 4) is 0 Å². The molecule has 0 fully saturated rings. The molecule has 0 saturated heterocycles. The number of pyridine rings is 1. The Morgan fingerprint density at radius 2 is 1.88 bits per heavy atom. The van der Waals surface area contributed by atoms with E-state index in [9.17, 15) is 0 Å². The number of rotatable bonds is 1. The van der Waals surface area contributed by atoms with Gasteiger partial charge in [-0.15, -0.1) is 0 Å². The zero-order valence-electron chi connectivity index (χ0n) is 10.4. The van der Waals surface area contributed by atoms with Gasteiger partial charge < -0.3 is 5.73 Å². The molecular weight excluding hydrogens is 276 g/mol. The summed E-state index contributed by atoms with van der Waals surface area (Å²) in [5, 5.41) is 1.13. The number of para-hydroxylation sites is 1. The lowest BCUT2D eigenvalue weighted by Crippen LogP contribution is -2.27. The van der Waals surface area contributed by atoms with Crippen LogP contribution in [0.1, 0.15) is 32.5 Å². The summed E-state index contributed by atoms with van der Waals surface area (Å²) in [7, 11) is 0. The minimum atomic E-state index is -0.0820. The van der Waals surface area contributed by atoms with Gasteiger partial charge in [-0.3, -0.25) is 0 Å². The van der Waals surface area contributed by atoms with Crippen molar-refractivity contribution in [2.45, 2.75) is 26.8 Å².